The Bertz CT molecular complexity index is 620. The van der Waals surface area contributed by atoms with E-state index in [0.29, 0.717) is 5.02 Å². The van der Waals surface area contributed by atoms with Crippen molar-refractivity contribution < 1.29 is 0 Å². The molecule has 0 atom stereocenters. The van der Waals surface area contributed by atoms with Crippen molar-refractivity contribution in [1.82, 2.24) is 9.97 Å². The molecular weight excluding hydrogens is 284 g/mol. The van der Waals surface area contributed by atoms with Crippen molar-refractivity contribution >= 4 is 28.9 Å². The normalized spacial score (nSPS) is 10.5. The van der Waals surface area contributed by atoms with E-state index in [4.69, 9.17) is 11.6 Å². The van der Waals surface area contributed by atoms with E-state index >= 15 is 0 Å². The van der Waals surface area contributed by atoms with Crippen LogP contribution in [0.25, 0.3) is 0 Å². The summed E-state index contributed by atoms with van der Waals surface area (Å²) >= 11 is 6.27. The average molecular weight is 305 g/mol. The van der Waals surface area contributed by atoms with E-state index in [1.54, 1.807) is 0 Å². The maximum atomic E-state index is 6.27. The fourth-order valence-electron chi connectivity index (χ4n) is 2.07. The molecule has 0 fully saturated rings. The minimum atomic E-state index is 0.689. The smallest absolute Gasteiger partial charge is 0.139 e. The Morgan fingerprint density at radius 3 is 2.48 bits per heavy atom. The Morgan fingerprint density at radius 2 is 1.81 bits per heavy atom. The Hall–Kier alpha value is -1.81. The standard InChI is InChI=1S/C16H21ClN4/c1-5-9-18-15-11(3)16(20-12(4)19-15)21-14-10(2)7-6-8-13(14)17/h6-8H,5,9H2,1-4H3,(H2,18,19,20,21). The van der Waals surface area contributed by atoms with Crippen molar-refractivity contribution in [2.45, 2.75) is 34.1 Å². The molecule has 0 amide bonds. The first kappa shape index (κ1) is 15.6. The second-order valence-electron chi connectivity index (χ2n) is 5.08. The molecule has 0 unspecified atom stereocenters. The number of aryl methyl sites for hydroxylation is 2. The first-order valence-electron chi connectivity index (χ1n) is 7.14. The van der Waals surface area contributed by atoms with Crippen LogP contribution >= 0.6 is 11.6 Å². The maximum absolute atomic E-state index is 6.27. The Morgan fingerprint density at radius 1 is 1.10 bits per heavy atom. The zero-order valence-corrected chi connectivity index (χ0v) is 13.7. The van der Waals surface area contributed by atoms with Crippen LogP contribution in [-0.4, -0.2) is 16.5 Å². The molecule has 2 N–H and O–H groups in total. The molecule has 0 saturated heterocycles. The van der Waals surface area contributed by atoms with Crippen molar-refractivity contribution in [2.24, 2.45) is 0 Å². The second kappa shape index (κ2) is 6.76. The largest absolute Gasteiger partial charge is 0.370 e. The highest BCUT2D eigenvalue weighted by Gasteiger charge is 2.11. The van der Waals surface area contributed by atoms with Gasteiger partial charge < -0.3 is 10.6 Å². The molecule has 4 nitrogen and oxygen atoms in total. The van der Waals surface area contributed by atoms with Gasteiger partial charge >= 0.3 is 0 Å². The Labute approximate surface area is 131 Å². The summed E-state index contributed by atoms with van der Waals surface area (Å²) < 4.78 is 0. The van der Waals surface area contributed by atoms with Crippen LogP contribution < -0.4 is 10.6 Å². The number of hydrogen-bond acceptors (Lipinski definition) is 4. The van der Waals surface area contributed by atoms with Gasteiger partial charge in [0.15, 0.2) is 0 Å². The summed E-state index contributed by atoms with van der Waals surface area (Å²) in [6, 6.07) is 5.83. The minimum Gasteiger partial charge on any atom is -0.370 e. The lowest BCUT2D eigenvalue weighted by molar-refractivity contribution is 0.948. The summed E-state index contributed by atoms with van der Waals surface area (Å²) in [5, 5.41) is 7.37. The lowest BCUT2D eigenvalue weighted by Gasteiger charge is -2.16. The molecule has 0 bridgehead atoms. The van der Waals surface area contributed by atoms with Crippen LogP contribution in [0.5, 0.6) is 0 Å². The lowest BCUT2D eigenvalue weighted by atomic mass is 10.2. The molecule has 1 aromatic carbocycles. The van der Waals surface area contributed by atoms with Crippen molar-refractivity contribution in [3.05, 3.63) is 40.2 Å². The number of anilines is 3. The SMILES string of the molecule is CCCNc1nc(C)nc(Nc2c(C)cccc2Cl)c1C. The van der Waals surface area contributed by atoms with Gasteiger partial charge in [0.25, 0.3) is 0 Å². The van der Waals surface area contributed by atoms with E-state index in [2.05, 4.69) is 27.5 Å². The summed E-state index contributed by atoms with van der Waals surface area (Å²) in [6.45, 7) is 8.94. The fraction of sp³-hybridized carbons (Fsp3) is 0.375. The van der Waals surface area contributed by atoms with Crippen LogP contribution in [0.4, 0.5) is 17.3 Å². The number of rotatable bonds is 5. The highest BCUT2D eigenvalue weighted by molar-refractivity contribution is 6.33. The van der Waals surface area contributed by atoms with Gasteiger partial charge in [0.2, 0.25) is 0 Å². The van der Waals surface area contributed by atoms with Gasteiger partial charge in [0.1, 0.15) is 17.5 Å². The zero-order chi connectivity index (χ0) is 15.4. The summed E-state index contributed by atoms with van der Waals surface area (Å²) in [7, 11) is 0. The molecule has 2 rings (SSSR count). The second-order valence-corrected chi connectivity index (χ2v) is 5.48. The third-order valence-corrected chi connectivity index (χ3v) is 3.58. The fourth-order valence-corrected chi connectivity index (χ4v) is 2.34. The van der Waals surface area contributed by atoms with Gasteiger partial charge in [0.05, 0.1) is 10.7 Å². The van der Waals surface area contributed by atoms with Gasteiger partial charge in [-0.25, -0.2) is 9.97 Å². The quantitative estimate of drug-likeness (QED) is 0.846. The molecule has 1 heterocycles. The molecule has 0 aliphatic carbocycles. The van der Waals surface area contributed by atoms with E-state index in [1.807, 2.05) is 39.0 Å². The zero-order valence-electron chi connectivity index (χ0n) is 12.9. The molecule has 0 saturated carbocycles. The van der Waals surface area contributed by atoms with Crippen molar-refractivity contribution in [3.63, 3.8) is 0 Å². The number of halogens is 1. The number of para-hydroxylation sites is 1. The van der Waals surface area contributed by atoms with Crippen LogP contribution in [0.1, 0.15) is 30.3 Å². The lowest BCUT2D eigenvalue weighted by Crippen LogP contribution is -2.09. The predicted molar refractivity (Wildman–Crippen MR) is 89.8 cm³/mol. The molecule has 112 valence electrons. The monoisotopic (exact) mass is 304 g/mol. The van der Waals surface area contributed by atoms with Crippen molar-refractivity contribution in [3.8, 4) is 0 Å². The average Bonchev–Trinajstić information content (AvgIpc) is 2.44. The van der Waals surface area contributed by atoms with E-state index in [-0.39, 0.29) is 0 Å². The van der Waals surface area contributed by atoms with E-state index in [0.717, 1.165) is 47.2 Å². The molecule has 21 heavy (non-hydrogen) atoms. The maximum Gasteiger partial charge on any atom is 0.139 e. The third-order valence-electron chi connectivity index (χ3n) is 3.27. The summed E-state index contributed by atoms with van der Waals surface area (Å²) in [5.74, 6) is 2.39. The van der Waals surface area contributed by atoms with Gasteiger partial charge in [-0.1, -0.05) is 30.7 Å². The molecule has 2 aromatic rings. The molecule has 5 heteroatoms. The van der Waals surface area contributed by atoms with Gasteiger partial charge in [-0.3, -0.25) is 0 Å². The van der Waals surface area contributed by atoms with Crippen LogP contribution in [0.2, 0.25) is 5.02 Å². The molecule has 0 aliphatic rings. The number of nitrogens with zero attached hydrogens (tertiary/aromatic N) is 2. The van der Waals surface area contributed by atoms with Crippen molar-refractivity contribution in [2.75, 3.05) is 17.2 Å². The highest BCUT2D eigenvalue weighted by Crippen LogP contribution is 2.30. The Kier molecular flexibility index (Phi) is 5.02. The molecule has 0 spiro atoms. The van der Waals surface area contributed by atoms with Crippen LogP contribution in [0.15, 0.2) is 18.2 Å². The summed E-state index contributed by atoms with van der Waals surface area (Å²) in [5.41, 5.74) is 2.97. The Balaban J connectivity index is 2.38. The molecule has 1 aromatic heterocycles. The van der Waals surface area contributed by atoms with Crippen molar-refractivity contribution in [1.29, 1.82) is 0 Å². The first-order chi connectivity index (χ1) is 10.0. The van der Waals surface area contributed by atoms with Crippen LogP contribution in [0, 0.1) is 20.8 Å². The first-order valence-corrected chi connectivity index (χ1v) is 7.52. The highest BCUT2D eigenvalue weighted by atomic mass is 35.5. The minimum absolute atomic E-state index is 0.689. The number of benzene rings is 1. The number of hydrogen-bond donors (Lipinski definition) is 2. The number of nitrogens with one attached hydrogen (secondary N) is 2. The van der Waals surface area contributed by atoms with Gasteiger partial charge in [-0.05, 0) is 38.8 Å². The van der Waals surface area contributed by atoms with Crippen LogP contribution in [0.3, 0.4) is 0 Å². The van der Waals surface area contributed by atoms with E-state index in [1.165, 1.54) is 0 Å². The van der Waals surface area contributed by atoms with Crippen LogP contribution in [-0.2, 0) is 0 Å². The number of aromatic nitrogens is 2. The molecule has 0 radical (unpaired) electrons. The summed E-state index contributed by atoms with van der Waals surface area (Å²) in [6.07, 6.45) is 1.05. The van der Waals surface area contributed by atoms with Gasteiger partial charge in [0, 0.05) is 12.1 Å². The molecular formula is C16H21ClN4. The summed E-state index contributed by atoms with van der Waals surface area (Å²) in [4.78, 5) is 8.96. The van der Waals surface area contributed by atoms with Gasteiger partial charge in [-0.2, -0.15) is 0 Å². The third kappa shape index (κ3) is 3.64. The topological polar surface area (TPSA) is 49.8 Å². The van der Waals surface area contributed by atoms with Gasteiger partial charge in [-0.15, -0.1) is 0 Å². The van der Waals surface area contributed by atoms with E-state index < -0.39 is 0 Å². The molecule has 0 aliphatic heterocycles. The van der Waals surface area contributed by atoms with E-state index in [9.17, 15) is 0 Å². The predicted octanol–water partition coefficient (Wildman–Crippen LogP) is 4.62.